The Morgan fingerprint density at radius 2 is 0.550 bits per heavy atom. The van der Waals surface area contributed by atoms with E-state index in [0.717, 1.165) is 155 Å². The number of morpholine rings is 1. The zero-order chi connectivity index (χ0) is 96.6. The molecule has 0 spiro atoms. The quantitative estimate of drug-likeness (QED) is 0.0854. The van der Waals surface area contributed by atoms with Gasteiger partial charge in [0.1, 0.15) is 23.3 Å². The maximum Gasteiger partial charge on any atom is 0.256 e. The average molecular weight is 1800 g/mol. The van der Waals surface area contributed by atoms with Crippen LogP contribution in [0.5, 0.6) is 0 Å². The van der Waals surface area contributed by atoms with Crippen molar-refractivity contribution < 1.29 is 60.7 Å². The van der Waals surface area contributed by atoms with Crippen LogP contribution in [0, 0.1) is 23.3 Å². The van der Waals surface area contributed by atoms with Crippen molar-refractivity contribution in [3.05, 3.63) is 282 Å². The van der Waals surface area contributed by atoms with Crippen LogP contribution < -0.4 is 0 Å². The Hall–Kier alpha value is -10.8. The molecule has 6 saturated heterocycles. The average Bonchev–Trinajstić information content (AvgIpc) is 1.70. The van der Waals surface area contributed by atoms with E-state index in [4.69, 9.17) is 4.74 Å². The normalized spacial score (nSPS) is 15.7. The summed E-state index contributed by atoms with van der Waals surface area (Å²) < 4.78 is 59.1. The Kier molecular flexibility index (Phi) is 42.9. The summed E-state index contributed by atoms with van der Waals surface area (Å²) in [5.74, 6) is 1.56. The van der Waals surface area contributed by atoms with E-state index in [2.05, 4.69) is 93.5 Å². The molecule has 0 radical (unpaired) electrons. The Labute approximate surface area is 780 Å². The lowest BCUT2D eigenvalue weighted by Gasteiger charge is -2.31. The molecular formula is C110H148F4N8O9. The van der Waals surface area contributed by atoms with Crippen LogP contribution in [0.15, 0.2) is 170 Å². The van der Waals surface area contributed by atoms with Crippen LogP contribution in [0.4, 0.5) is 17.6 Å². The number of nitrogens with zero attached hydrogens (tertiary/aromatic N) is 8. The van der Waals surface area contributed by atoms with Crippen LogP contribution in [0.2, 0.25) is 0 Å². The lowest BCUT2D eigenvalue weighted by Crippen LogP contribution is -2.42. The maximum atomic E-state index is 13.7. The number of piperidine rings is 1. The van der Waals surface area contributed by atoms with Crippen LogP contribution in [0.1, 0.15) is 364 Å². The summed E-state index contributed by atoms with van der Waals surface area (Å²) in [5.41, 5.74) is 13.3. The summed E-state index contributed by atoms with van der Waals surface area (Å²) in [6.45, 7) is 46.5. The molecule has 21 heteroatoms. The molecule has 8 aromatic rings. The van der Waals surface area contributed by atoms with Crippen molar-refractivity contribution in [1.82, 2.24) is 39.2 Å². The first kappa shape index (κ1) is 107. The van der Waals surface area contributed by atoms with Gasteiger partial charge in [0.05, 0.1) is 18.8 Å². The number of benzene rings is 8. The van der Waals surface area contributed by atoms with Gasteiger partial charge < -0.3 is 43.9 Å². The van der Waals surface area contributed by atoms with Crippen LogP contribution in [0.3, 0.4) is 0 Å². The van der Waals surface area contributed by atoms with E-state index < -0.39 is 5.82 Å². The summed E-state index contributed by atoms with van der Waals surface area (Å²) in [6.07, 6.45) is 11.1. The van der Waals surface area contributed by atoms with Crippen molar-refractivity contribution >= 4 is 47.3 Å². The van der Waals surface area contributed by atoms with Crippen molar-refractivity contribution in [1.29, 1.82) is 0 Å². The zero-order valence-corrected chi connectivity index (χ0v) is 82.3. The number of amides is 8. The second-order valence-corrected chi connectivity index (χ2v) is 38.1. The smallest absolute Gasteiger partial charge is 0.256 e. The van der Waals surface area contributed by atoms with Gasteiger partial charge in [-0.2, -0.15) is 0 Å². The molecule has 6 fully saturated rings. The molecular weight excluding hydrogens is 1650 g/mol. The minimum absolute atomic E-state index is 0.0381. The van der Waals surface area contributed by atoms with Gasteiger partial charge in [-0.15, -0.1) is 0 Å². The van der Waals surface area contributed by atoms with Crippen molar-refractivity contribution in [2.75, 3.05) is 107 Å². The minimum Gasteiger partial charge on any atom is -0.378 e. The summed E-state index contributed by atoms with van der Waals surface area (Å²) in [5, 5.41) is 0. The molecule has 6 heterocycles. The van der Waals surface area contributed by atoms with Gasteiger partial charge in [0.2, 0.25) is 0 Å². The Morgan fingerprint density at radius 3 is 0.885 bits per heavy atom. The third-order valence-corrected chi connectivity index (χ3v) is 24.5. The molecule has 710 valence electrons. The topological polar surface area (TPSA) is 172 Å². The first-order valence-corrected chi connectivity index (χ1v) is 47.5. The summed E-state index contributed by atoms with van der Waals surface area (Å²) in [4.78, 5) is 111. The molecule has 14 rings (SSSR count). The first-order chi connectivity index (χ1) is 62.0. The van der Waals surface area contributed by atoms with E-state index in [0.29, 0.717) is 84.7 Å². The molecule has 6 aliphatic heterocycles. The zero-order valence-electron chi connectivity index (χ0n) is 82.3. The van der Waals surface area contributed by atoms with Crippen molar-refractivity contribution in [3.63, 3.8) is 0 Å². The summed E-state index contributed by atoms with van der Waals surface area (Å²) in [6, 6.07) is 51.2. The van der Waals surface area contributed by atoms with Crippen molar-refractivity contribution in [2.24, 2.45) is 0 Å². The molecule has 17 nitrogen and oxygen atoms in total. The largest absolute Gasteiger partial charge is 0.378 e. The van der Waals surface area contributed by atoms with E-state index in [9.17, 15) is 55.9 Å². The second-order valence-electron chi connectivity index (χ2n) is 38.1. The third kappa shape index (κ3) is 32.9. The number of carbonyl (C=O) groups excluding carboxylic acids is 8. The predicted molar refractivity (Wildman–Crippen MR) is 522 cm³/mol. The van der Waals surface area contributed by atoms with Gasteiger partial charge >= 0.3 is 0 Å². The van der Waals surface area contributed by atoms with E-state index >= 15 is 0 Å². The Balaban J connectivity index is 0.000000205. The Bertz CT molecular complexity index is 5040. The maximum absolute atomic E-state index is 13.7. The number of rotatable bonds is 16. The highest BCUT2D eigenvalue weighted by atomic mass is 19.1. The molecule has 0 aromatic heterocycles. The summed E-state index contributed by atoms with van der Waals surface area (Å²) >= 11 is 0. The van der Waals surface area contributed by atoms with E-state index in [-0.39, 0.29) is 88.0 Å². The number of likely N-dealkylation sites (tertiary alicyclic amines) is 5. The van der Waals surface area contributed by atoms with Crippen LogP contribution in [-0.2, 0) is 4.74 Å². The van der Waals surface area contributed by atoms with E-state index in [1.165, 1.54) is 76.0 Å². The number of ether oxygens (including phenoxy) is 1. The molecule has 8 amide bonds. The van der Waals surface area contributed by atoms with Gasteiger partial charge in [0, 0.05) is 145 Å². The fourth-order valence-electron chi connectivity index (χ4n) is 15.8. The standard InChI is InChI=1S/C16H23NO.C15H21NO.C14H18FNO2.2C14H18FNO.C13H17NO.C12H16FNO.C12H17NO/c1-11(2)14-6-5-7-15(10-14)16(18)17-12(3)8-9-13(17)4;1-12(2)13-7-6-8-14(11-13)15(17)16-9-4-3-5-10-16;1-10(2)11-7-12(9-13(15)8-11)14(17)16-3-5-18-6-4-16;1-10(2)11-5-6-13(15)12(9-11)14(17)16-7-3-4-8-16;1-10(2)11-7-12(9-13(15)8-11)14(17)16-5-3-4-6-16;1-10(2)11-5-3-6-12(9-11)13(15)14-7-4-8-14;1-8(2)9-5-10(7-11(13)6-9)12(15)14(3)4;1-9(2)10-6-5-7-11(8-10)12(14)13(3)4/h5-7,10-13H,8-9H2,1-4H3;6-8,11-12H,3-5,9-10H2,1-2H3;7-10H,3-6H2,1-2H3;5-6,9-10H,3-4,7-8H2,1-2H3;7-10H,3-6H2,1-2H3;3,5-6,9-10H,4,7-8H2,1-2H3;5-8H,1-4H3;5-9H,1-4H3/t12-,13-;;;;;;;/m1......./s1. The van der Waals surface area contributed by atoms with Gasteiger partial charge in [0.15, 0.2) is 0 Å². The molecule has 6 aliphatic rings. The van der Waals surface area contributed by atoms with Crippen LogP contribution >= 0.6 is 0 Å². The van der Waals surface area contributed by atoms with E-state index in [1.807, 2.05) is 149 Å². The molecule has 0 saturated carbocycles. The molecule has 2 atom stereocenters. The first-order valence-electron chi connectivity index (χ1n) is 47.5. The number of halogens is 4. The highest BCUT2D eigenvalue weighted by Gasteiger charge is 2.33. The van der Waals surface area contributed by atoms with Gasteiger partial charge in [-0.1, -0.05) is 165 Å². The molecule has 8 aromatic carbocycles. The lowest BCUT2D eigenvalue weighted by atomic mass is 10.00. The minimum atomic E-state index is -0.411. The van der Waals surface area contributed by atoms with Gasteiger partial charge in [-0.25, -0.2) is 17.6 Å². The molecule has 131 heavy (non-hydrogen) atoms. The molecule has 0 aliphatic carbocycles. The monoisotopic (exact) mass is 1800 g/mol. The SMILES string of the molecule is CC(C)c1cc(F)cc(C(=O)N(C)C)c1.CC(C)c1cc(F)cc(C(=O)N2CCCC2)c1.CC(C)c1cc(F)cc(C(=O)N2CCOCC2)c1.CC(C)c1ccc(F)c(C(=O)N2CCCC2)c1.CC(C)c1cccc(C(=O)N(C)C)c1.CC(C)c1cccc(C(=O)N2CCC2)c1.CC(C)c1cccc(C(=O)N2CCCCC2)c1.CC(C)c1cccc(C(=O)N2[C@H](C)CC[C@H]2C)c1. The van der Waals surface area contributed by atoms with Gasteiger partial charge in [0.25, 0.3) is 47.3 Å². The molecule has 0 unspecified atom stereocenters. The number of hydrogen-bond acceptors (Lipinski definition) is 9. The van der Waals surface area contributed by atoms with Crippen LogP contribution in [-0.4, -0.2) is 205 Å². The predicted octanol–water partition coefficient (Wildman–Crippen LogP) is 23.9. The van der Waals surface area contributed by atoms with Gasteiger partial charge in [-0.3, -0.25) is 38.4 Å². The lowest BCUT2D eigenvalue weighted by molar-refractivity contribution is 0.0302. The molecule has 0 bridgehead atoms. The number of carbonyl (C=O) groups is 8. The van der Waals surface area contributed by atoms with E-state index in [1.54, 1.807) is 72.1 Å². The van der Waals surface area contributed by atoms with Crippen molar-refractivity contribution in [2.45, 2.75) is 248 Å². The van der Waals surface area contributed by atoms with Gasteiger partial charge in [-0.05, 0) is 285 Å². The van der Waals surface area contributed by atoms with Crippen molar-refractivity contribution in [3.8, 4) is 0 Å². The second kappa shape index (κ2) is 52.4. The Morgan fingerprint density at radius 1 is 0.282 bits per heavy atom. The number of hydrogen-bond donors (Lipinski definition) is 0. The molecule has 0 N–H and O–H groups in total. The summed E-state index contributed by atoms with van der Waals surface area (Å²) in [7, 11) is 6.85. The third-order valence-electron chi connectivity index (χ3n) is 24.5. The fraction of sp³-hybridized carbons (Fsp3) is 0.491. The van der Waals surface area contributed by atoms with Crippen LogP contribution in [0.25, 0.3) is 0 Å². The highest BCUT2D eigenvalue weighted by molar-refractivity contribution is 5.98. The fourth-order valence-corrected chi connectivity index (χ4v) is 15.8. The highest BCUT2D eigenvalue weighted by Crippen LogP contribution is 2.30.